The maximum Gasteiger partial charge on any atom is 0.345 e. The number of nitrogens with zero attached hydrogens (tertiary/aromatic N) is 4. The van der Waals surface area contributed by atoms with Crippen LogP contribution in [0.3, 0.4) is 0 Å². The third-order valence-corrected chi connectivity index (χ3v) is 3.87. The van der Waals surface area contributed by atoms with Gasteiger partial charge in [0.05, 0.1) is 16.2 Å². The molecule has 106 valence electrons. The first kappa shape index (κ1) is 13.3. The van der Waals surface area contributed by atoms with E-state index in [1.807, 2.05) is 30.3 Å². The standard InChI is InChI=1S/C13H10N4O3S/c1-8-11(9-5-3-2-4-6-9)12(18)16(15-8)13-14-7-10(21-13)17(19)20/h2-7,18H,1H3. The number of hydrogen-bond acceptors (Lipinski definition) is 6. The minimum Gasteiger partial charge on any atom is -0.493 e. The lowest BCUT2D eigenvalue weighted by molar-refractivity contribution is -0.380. The Morgan fingerprint density at radius 1 is 1.33 bits per heavy atom. The van der Waals surface area contributed by atoms with Crippen molar-refractivity contribution < 1.29 is 10.0 Å². The predicted molar refractivity (Wildman–Crippen MR) is 77.7 cm³/mol. The molecule has 0 radical (unpaired) electrons. The van der Waals surface area contributed by atoms with Gasteiger partial charge >= 0.3 is 5.00 Å². The topological polar surface area (TPSA) is 94.1 Å². The van der Waals surface area contributed by atoms with Gasteiger partial charge in [-0.2, -0.15) is 9.78 Å². The molecular weight excluding hydrogens is 292 g/mol. The molecule has 7 nitrogen and oxygen atoms in total. The zero-order valence-electron chi connectivity index (χ0n) is 10.9. The number of hydrogen-bond donors (Lipinski definition) is 1. The molecule has 0 spiro atoms. The Morgan fingerprint density at radius 3 is 2.67 bits per heavy atom. The Bertz CT molecular complexity index is 810. The van der Waals surface area contributed by atoms with Gasteiger partial charge in [-0.25, -0.2) is 4.98 Å². The molecule has 21 heavy (non-hydrogen) atoms. The molecule has 0 saturated heterocycles. The molecule has 2 heterocycles. The molecule has 0 fully saturated rings. The van der Waals surface area contributed by atoms with E-state index in [2.05, 4.69) is 10.1 Å². The van der Waals surface area contributed by atoms with Crippen LogP contribution in [0.5, 0.6) is 5.88 Å². The summed E-state index contributed by atoms with van der Waals surface area (Å²) < 4.78 is 1.22. The van der Waals surface area contributed by atoms with Gasteiger partial charge in [-0.05, 0) is 23.8 Å². The zero-order valence-corrected chi connectivity index (χ0v) is 11.7. The molecule has 0 aliphatic heterocycles. The summed E-state index contributed by atoms with van der Waals surface area (Å²) in [7, 11) is 0. The van der Waals surface area contributed by atoms with E-state index in [9.17, 15) is 15.2 Å². The molecule has 0 aliphatic rings. The quantitative estimate of drug-likeness (QED) is 0.593. The number of nitro groups is 1. The van der Waals surface area contributed by atoms with Crippen molar-refractivity contribution in [1.82, 2.24) is 14.8 Å². The number of aryl methyl sites for hydroxylation is 1. The summed E-state index contributed by atoms with van der Waals surface area (Å²) in [6.45, 7) is 1.76. The van der Waals surface area contributed by atoms with Crippen LogP contribution in [0.2, 0.25) is 0 Å². The van der Waals surface area contributed by atoms with Gasteiger partial charge in [-0.3, -0.25) is 10.1 Å². The van der Waals surface area contributed by atoms with Gasteiger partial charge in [-0.1, -0.05) is 30.3 Å². The summed E-state index contributed by atoms with van der Waals surface area (Å²) in [5, 5.41) is 25.4. The molecule has 0 saturated carbocycles. The van der Waals surface area contributed by atoms with Crippen molar-refractivity contribution in [1.29, 1.82) is 0 Å². The number of benzene rings is 1. The Labute approximate surface area is 123 Å². The summed E-state index contributed by atoms with van der Waals surface area (Å²) in [4.78, 5) is 14.1. The van der Waals surface area contributed by atoms with E-state index < -0.39 is 4.92 Å². The molecule has 0 unspecified atom stereocenters. The maximum absolute atomic E-state index is 10.7. The first-order chi connectivity index (χ1) is 10.1. The van der Waals surface area contributed by atoms with Crippen molar-refractivity contribution in [2.75, 3.05) is 0 Å². The molecule has 2 aromatic heterocycles. The summed E-state index contributed by atoms with van der Waals surface area (Å²) >= 11 is 0.856. The molecule has 3 rings (SSSR count). The van der Waals surface area contributed by atoms with Gasteiger partial charge in [0.1, 0.15) is 6.20 Å². The predicted octanol–water partition coefficient (Wildman–Crippen LogP) is 2.92. The summed E-state index contributed by atoms with van der Waals surface area (Å²) in [6.07, 6.45) is 1.15. The normalized spacial score (nSPS) is 10.7. The van der Waals surface area contributed by atoms with Gasteiger partial charge in [0.25, 0.3) is 0 Å². The average Bonchev–Trinajstić information content (AvgIpc) is 3.05. The molecule has 0 bridgehead atoms. The smallest absolute Gasteiger partial charge is 0.345 e. The van der Waals surface area contributed by atoms with E-state index in [1.165, 1.54) is 4.68 Å². The SMILES string of the molecule is Cc1nn(-c2ncc([N+](=O)[O-])s2)c(O)c1-c1ccccc1. The van der Waals surface area contributed by atoms with E-state index in [1.54, 1.807) is 6.92 Å². The van der Waals surface area contributed by atoms with Crippen LogP contribution in [0, 0.1) is 17.0 Å². The highest BCUT2D eigenvalue weighted by Gasteiger charge is 2.21. The van der Waals surface area contributed by atoms with Crippen molar-refractivity contribution in [2.45, 2.75) is 6.92 Å². The van der Waals surface area contributed by atoms with E-state index in [4.69, 9.17) is 0 Å². The summed E-state index contributed by atoms with van der Waals surface area (Å²) in [5.74, 6) is -0.0806. The van der Waals surface area contributed by atoms with Crippen molar-refractivity contribution in [3.8, 4) is 22.1 Å². The van der Waals surface area contributed by atoms with Gasteiger partial charge in [-0.15, -0.1) is 0 Å². The highest BCUT2D eigenvalue weighted by atomic mass is 32.1. The number of thiazole rings is 1. The molecule has 0 atom stereocenters. The van der Waals surface area contributed by atoms with Crippen LogP contribution in [-0.4, -0.2) is 24.8 Å². The fourth-order valence-corrected chi connectivity index (χ4v) is 2.72. The monoisotopic (exact) mass is 302 g/mol. The van der Waals surface area contributed by atoms with Crippen LogP contribution in [0.4, 0.5) is 5.00 Å². The van der Waals surface area contributed by atoms with Crippen LogP contribution in [0.15, 0.2) is 36.5 Å². The van der Waals surface area contributed by atoms with Crippen molar-refractivity contribution in [3.63, 3.8) is 0 Å². The van der Waals surface area contributed by atoms with Crippen molar-refractivity contribution >= 4 is 16.3 Å². The Balaban J connectivity index is 2.11. The second-order valence-electron chi connectivity index (χ2n) is 4.30. The first-order valence-electron chi connectivity index (χ1n) is 6.02. The lowest BCUT2D eigenvalue weighted by Crippen LogP contribution is -1.94. The lowest BCUT2D eigenvalue weighted by Gasteiger charge is -2.00. The highest BCUT2D eigenvalue weighted by molar-refractivity contribution is 7.17. The Kier molecular flexibility index (Phi) is 3.15. The molecule has 3 aromatic rings. The van der Waals surface area contributed by atoms with Crippen LogP contribution in [0.1, 0.15) is 5.69 Å². The van der Waals surface area contributed by atoms with Crippen LogP contribution in [-0.2, 0) is 0 Å². The average molecular weight is 302 g/mol. The van der Waals surface area contributed by atoms with Crippen LogP contribution < -0.4 is 0 Å². The van der Waals surface area contributed by atoms with Gasteiger partial charge < -0.3 is 5.11 Å². The second-order valence-corrected chi connectivity index (χ2v) is 5.29. The van der Waals surface area contributed by atoms with Gasteiger partial charge in [0.2, 0.25) is 11.0 Å². The third kappa shape index (κ3) is 2.25. The second kappa shape index (κ2) is 4.98. The first-order valence-corrected chi connectivity index (χ1v) is 6.84. The van der Waals surface area contributed by atoms with E-state index in [-0.39, 0.29) is 16.0 Å². The number of aromatic hydroxyl groups is 1. The molecule has 8 heteroatoms. The largest absolute Gasteiger partial charge is 0.493 e. The van der Waals surface area contributed by atoms with E-state index in [0.29, 0.717) is 11.3 Å². The minimum absolute atomic E-state index is 0.0806. The molecular formula is C13H10N4O3S. The number of rotatable bonds is 3. The number of aromatic nitrogens is 3. The van der Waals surface area contributed by atoms with Crippen molar-refractivity contribution in [2.24, 2.45) is 0 Å². The highest BCUT2D eigenvalue weighted by Crippen LogP contribution is 2.35. The van der Waals surface area contributed by atoms with Crippen LogP contribution >= 0.6 is 11.3 Å². The fourth-order valence-electron chi connectivity index (χ4n) is 2.03. The minimum atomic E-state index is -0.521. The maximum atomic E-state index is 10.7. The molecule has 1 aromatic carbocycles. The fraction of sp³-hybridized carbons (Fsp3) is 0.0769. The molecule has 0 amide bonds. The van der Waals surface area contributed by atoms with E-state index in [0.717, 1.165) is 23.1 Å². The Morgan fingerprint density at radius 2 is 2.05 bits per heavy atom. The summed E-state index contributed by atoms with van der Waals surface area (Å²) in [6, 6.07) is 9.32. The summed E-state index contributed by atoms with van der Waals surface area (Å²) in [5.41, 5.74) is 2.04. The lowest BCUT2D eigenvalue weighted by atomic mass is 10.1. The molecule has 1 N–H and O–H groups in total. The third-order valence-electron chi connectivity index (χ3n) is 2.94. The van der Waals surface area contributed by atoms with Gasteiger partial charge in [0.15, 0.2) is 0 Å². The zero-order chi connectivity index (χ0) is 15.0. The van der Waals surface area contributed by atoms with Crippen LogP contribution in [0.25, 0.3) is 16.3 Å². The van der Waals surface area contributed by atoms with Gasteiger partial charge in [0, 0.05) is 0 Å². The molecule has 0 aliphatic carbocycles. The Hall–Kier alpha value is -2.74. The van der Waals surface area contributed by atoms with E-state index >= 15 is 0 Å². The van der Waals surface area contributed by atoms with Crippen molar-refractivity contribution in [3.05, 3.63) is 52.3 Å².